The van der Waals surface area contributed by atoms with Gasteiger partial charge in [-0.3, -0.25) is 0 Å². The van der Waals surface area contributed by atoms with Crippen LogP contribution in [0.4, 0.5) is 4.79 Å². The van der Waals surface area contributed by atoms with Gasteiger partial charge in [-0.05, 0) is 111 Å². The molecule has 1 amide bonds. The molecule has 3 heteroatoms. The topological polar surface area (TPSA) is 38.3 Å². The number of ether oxygens (including phenoxy) is 1. The number of carbonyl (C=O) groups is 1. The molecule has 7 unspecified atom stereocenters. The third kappa shape index (κ3) is 3.74. The van der Waals surface area contributed by atoms with Crippen LogP contribution in [0.3, 0.4) is 0 Å². The molecule has 1 N–H and O–H groups in total. The van der Waals surface area contributed by atoms with E-state index in [0.29, 0.717) is 23.4 Å². The molecule has 0 saturated heterocycles. The van der Waals surface area contributed by atoms with Crippen LogP contribution >= 0.6 is 0 Å². The summed E-state index contributed by atoms with van der Waals surface area (Å²) in [7, 11) is 0. The first-order chi connectivity index (χ1) is 13.9. The van der Waals surface area contributed by atoms with Crippen LogP contribution in [-0.4, -0.2) is 19.2 Å². The lowest BCUT2D eigenvalue weighted by atomic mass is 9.44. The third-order valence-corrected chi connectivity index (χ3v) is 10.5. The standard InChI is InChI=1S/C26H45NO2/c1-5-29-24(28)27-17-14-18(2)21-11-12-22-20-10-9-19-8-6-7-15-25(19,3)23(20)13-16-26(21,22)4/h18-23H,5-17H2,1-4H3,(H,27,28)/t18-,19?,20?,21?,22?,23?,25?,26?/m1/s1. The van der Waals surface area contributed by atoms with Gasteiger partial charge in [0.15, 0.2) is 0 Å². The highest BCUT2D eigenvalue weighted by Gasteiger charge is 2.60. The van der Waals surface area contributed by atoms with E-state index in [1.807, 2.05) is 6.92 Å². The van der Waals surface area contributed by atoms with Crippen molar-refractivity contribution in [2.24, 2.45) is 46.3 Å². The number of nitrogens with one attached hydrogen (secondary N) is 1. The molecule has 29 heavy (non-hydrogen) atoms. The fraction of sp³-hybridized carbons (Fsp3) is 0.962. The Labute approximate surface area is 179 Å². The maximum Gasteiger partial charge on any atom is 0.407 e. The second-order valence-corrected chi connectivity index (χ2v) is 11.5. The Morgan fingerprint density at radius 1 is 1.00 bits per heavy atom. The van der Waals surface area contributed by atoms with E-state index in [2.05, 4.69) is 26.1 Å². The van der Waals surface area contributed by atoms with Gasteiger partial charge in [0, 0.05) is 6.54 Å². The van der Waals surface area contributed by atoms with E-state index in [1.54, 1.807) is 0 Å². The largest absolute Gasteiger partial charge is 0.450 e. The summed E-state index contributed by atoms with van der Waals surface area (Å²) in [4.78, 5) is 11.6. The van der Waals surface area contributed by atoms with Gasteiger partial charge in [0.05, 0.1) is 6.61 Å². The second kappa shape index (κ2) is 8.42. The number of hydrogen-bond acceptors (Lipinski definition) is 2. The molecule has 0 heterocycles. The molecule has 0 bridgehead atoms. The van der Waals surface area contributed by atoms with Crippen molar-refractivity contribution in [3.63, 3.8) is 0 Å². The summed E-state index contributed by atoms with van der Waals surface area (Å²) < 4.78 is 5.02. The van der Waals surface area contributed by atoms with Crippen molar-refractivity contribution in [2.45, 2.75) is 98.3 Å². The van der Waals surface area contributed by atoms with E-state index in [9.17, 15) is 4.79 Å². The van der Waals surface area contributed by atoms with Gasteiger partial charge < -0.3 is 10.1 Å². The summed E-state index contributed by atoms with van der Waals surface area (Å²) in [6, 6.07) is 0. The number of amides is 1. The van der Waals surface area contributed by atoms with E-state index in [0.717, 1.165) is 42.6 Å². The van der Waals surface area contributed by atoms with Crippen LogP contribution in [-0.2, 0) is 4.74 Å². The molecule has 0 aromatic rings. The predicted molar refractivity (Wildman–Crippen MR) is 119 cm³/mol. The summed E-state index contributed by atoms with van der Waals surface area (Å²) in [5, 5.41) is 2.94. The molecule has 4 rings (SSSR count). The Morgan fingerprint density at radius 2 is 1.79 bits per heavy atom. The van der Waals surface area contributed by atoms with Crippen molar-refractivity contribution in [1.82, 2.24) is 5.32 Å². The summed E-state index contributed by atoms with van der Waals surface area (Å²) in [6.45, 7) is 10.8. The summed E-state index contributed by atoms with van der Waals surface area (Å²) >= 11 is 0. The van der Waals surface area contributed by atoms with Crippen LogP contribution in [0.1, 0.15) is 98.3 Å². The van der Waals surface area contributed by atoms with Crippen LogP contribution in [0, 0.1) is 46.3 Å². The zero-order valence-corrected chi connectivity index (χ0v) is 19.5. The fourth-order valence-electron chi connectivity index (χ4n) is 9.06. The molecule has 4 fully saturated rings. The van der Waals surface area contributed by atoms with Crippen molar-refractivity contribution >= 4 is 6.09 Å². The van der Waals surface area contributed by atoms with Gasteiger partial charge in [0.25, 0.3) is 0 Å². The van der Waals surface area contributed by atoms with Gasteiger partial charge in [0.2, 0.25) is 0 Å². The minimum atomic E-state index is -0.256. The van der Waals surface area contributed by atoms with Crippen LogP contribution in [0.5, 0.6) is 0 Å². The predicted octanol–water partition coefficient (Wildman–Crippen LogP) is 6.81. The fourth-order valence-corrected chi connectivity index (χ4v) is 9.06. The second-order valence-electron chi connectivity index (χ2n) is 11.5. The van der Waals surface area contributed by atoms with Gasteiger partial charge in [0.1, 0.15) is 0 Å². The maximum atomic E-state index is 11.6. The molecule has 3 nitrogen and oxygen atoms in total. The Kier molecular flexibility index (Phi) is 6.24. The van der Waals surface area contributed by atoms with Crippen molar-refractivity contribution in [2.75, 3.05) is 13.2 Å². The first-order valence-electron chi connectivity index (χ1n) is 12.8. The normalized spacial score (nSPS) is 44.9. The molecule has 166 valence electrons. The summed E-state index contributed by atoms with van der Waals surface area (Å²) in [5.41, 5.74) is 1.18. The molecule has 4 aliphatic rings. The number of rotatable bonds is 5. The lowest BCUT2D eigenvalue weighted by Gasteiger charge is -2.61. The Morgan fingerprint density at radius 3 is 2.59 bits per heavy atom. The van der Waals surface area contributed by atoms with E-state index in [1.165, 1.54) is 64.2 Å². The minimum absolute atomic E-state index is 0.256. The summed E-state index contributed by atoms with van der Waals surface area (Å²) in [5.74, 6) is 5.47. The van der Waals surface area contributed by atoms with Gasteiger partial charge in [-0.2, -0.15) is 0 Å². The van der Waals surface area contributed by atoms with Gasteiger partial charge >= 0.3 is 6.09 Å². The van der Waals surface area contributed by atoms with Gasteiger partial charge in [-0.1, -0.05) is 33.6 Å². The van der Waals surface area contributed by atoms with E-state index >= 15 is 0 Å². The minimum Gasteiger partial charge on any atom is -0.450 e. The molecule has 0 aliphatic heterocycles. The zero-order valence-electron chi connectivity index (χ0n) is 19.5. The Balaban J connectivity index is 1.40. The van der Waals surface area contributed by atoms with Gasteiger partial charge in [-0.25, -0.2) is 4.79 Å². The van der Waals surface area contributed by atoms with E-state index in [4.69, 9.17) is 4.74 Å². The van der Waals surface area contributed by atoms with Crippen molar-refractivity contribution < 1.29 is 9.53 Å². The van der Waals surface area contributed by atoms with E-state index in [-0.39, 0.29) is 6.09 Å². The number of alkyl carbamates (subject to hydrolysis) is 1. The smallest absolute Gasteiger partial charge is 0.407 e. The Bertz CT molecular complexity index is 591. The highest BCUT2D eigenvalue weighted by atomic mass is 16.5. The highest BCUT2D eigenvalue weighted by Crippen LogP contribution is 2.68. The lowest BCUT2D eigenvalue weighted by Crippen LogP contribution is -2.53. The molecule has 8 atom stereocenters. The monoisotopic (exact) mass is 403 g/mol. The molecule has 0 aromatic heterocycles. The Hall–Kier alpha value is -0.730. The molecule has 4 saturated carbocycles. The average Bonchev–Trinajstić information content (AvgIpc) is 3.05. The van der Waals surface area contributed by atoms with Gasteiger partial charge in [-0.15, -0.1) is 0 Å². The first kappa shape index (κ1) is 21.5. The van der Waals surface area contributed by atoms with Crippen molar-refractivity contribution in [3.05, 3.63) is 0 Å². The maximum absolute atomic E-state index is 11.6. The lowest BCUT2D eigenvalue weighted by molar-refractivity contribution is -0.114. The molecule has 4 aliphatic carbocycles. The van der Waals surface area contributed by atoms with Crippen molar-refractivity contribution in [3.8, 4) is 0 Å². The SMILES string of the molecule is CCOC(=O)NCC[C@@H](C)C1CCC2C3CCC4CCCCC4(C)C3CCC21C. The third-order valence-electron chi connectivity index (χ3n) is 10.5. The average molecular weight is 404 g/mol. The summed E-state index contributed by atoms with van der Waals surface area (Å²) in [6.07, 6.45) is 15.6. The van der Waals surface area contributed by atoms with E-state index < -0.39 is 0 Å². The number of hydrogen-bond donors (Lipinski definition) is 1. The number of carbonyl (C=O) groups excluding carboxylic acids is 1. The van der Waals surface area contributed by atoms with Crippen LogP contribution in [0.25, 0.3) is 0 Å². The highest BCUT2D eigenvalue weighted by molar-refractivity contribution is 5.66. The first-order valence-corrected chi connectivity index (χ1v) is 12.8. The molecule has 0 aromatic carbocycles. The molecule has 0 radical (unpaired) electrons. The number of fused-ring (bicyclic) bond motifs is 5. The van der Waals surface area contributed by atoms with Crippen LogP contribution in [0.15, 0.2) is 0 Å². The molecular weight excluding hydrogens is 358 g/mol. The zero-order chi connectivity index (χ0) is 20.6. The van der Waals surface area contributed by atoms with Crippen LogP contribution in [0.2, 0.25) is 0 Å². The molecule has 0 spiro atoms. The van der Waals surface area contributed by atoms with Crippen molar-refractivity contribution in [1.29, 1.82) is 0 Å². The quantitative estimate of drug-likeness (QED) is 0.547. The molecular formula is C26H45NO2. The van der Waals surface area contributed by atoms with Crippen LogP contribution < -0.4 is 5.32 Å².